The van der Waals surface area contributed by atoms with Gasteiger partial charge in [-0.3, -0.25) is 4.79 Å². The molecule has 0 aromatic carbocycles. The van der Waals surface area contributed by atoms with Gasteiger partial charge in [-0.25, -0.2) is 0 Å². The lowest BCUT2D eigenvalue weighted by atomic mass is 9.83. The minimum absolute atomic E-state index is 0.559. The van der Waals surface area contributed by atoms with Gasteiger partial charge in [0.2, 0.25) is 0 Å². The van der Waals surface area contributed by atoms with Crippen molar-refractivity contribution in [3.63, 3.8) is 0 Å². The molecule has 1 unspecified atom stereocenters. The maximum Gasteiger partial charge on any atom is 0.149 e. The fourth-order valence-electron chi connectivity index (χ4n) is 1.40. The van der Waals surface area contributed by atoms with E-state index in [1.165, 1.54) is 0 Å². The molecule has 0 aliphatic heterocycles. The Morgan fingerprint density at radius 3 is 2.67 bits per heavy atom. The minimum atomic E-state index is -0.767. The first-order chi connectivity index (χ1) is 5.47. The Kier molecular flexibility index (Phi) is 2.20. The molecule has 0 saturated carbocycles. The molecule has 0 aromatic rings. The number of carbonyl (C=O) groups excluding carboxylic acids is 1. The second-order valence-corrected chi connectivity index (χ2v) is 3.63. The number of aliphatic hydroxyl groups is 1. The quantitative estimate of drug-likeness (QED) is 0.601. The summed E-state index contributed by atoms with van der Waals surface area (Å²) in [6.45, 7) is 5.49. The van der Waals surface area contributed by atoms with Crippen LogP contribution >= 0.6 is 0 Å². The van der Waals surface area contributed by atoms with E-state index in [-0.39, 0.29) is 0 Å². The van der Waals surface area contributed by atoms with E-state index in [1.807, 2.05) is 13.8 Å². The van der Waals surface area contributed by atoms with Crippen molar-refractivity contribution in [2.24, 2.45) is 0 Å². The molecule has 0 radical (unpaired) electrons. The van der Waals surface area contributed by atoms with Crippen molar-refractivity contribution < 1.29 is 9.90 Å². The first kappa shape index (κ1) is 9.20. The van der Waals surface area contributed by atoms with Gasteiger partial charge >= 0.3 is 0 Å². The van der Waals surface area contributed by atoms with Gasteiger partial charge in [0.05, 0.1) is 5.60 Å². The molecule has 1 aliphatic rings. The van der Waals surface area contributed by atoms with Crippen LogP contribution in [0.1, 0.15) is 27.2 Å². The molecule has 12 heavy (non-hydrogen) atoms. The van der Waals surface area contributed by atoms with Gasteiger partial charge in [0, 0.05) is 12.0 Å². The van der Waals surface area contributed by atoms with Gasteiger partial charge in [0.1, 0.15) is 6.29 Å². The van der Waals surface area contributed by atoms with Crippen LogP contribution in [0.15, 0.2) is 22.8 Å². The third-order valence-corrected chi connectivity index (χ3v) is 2.45. The van der Waals surface area contributed by atoms with Crippen LogP contribution in [0, 0.1) is 0 Å². The zero-order valence-electron chi connectivity index (χ0n) is 7.72. The van der Waals surface area contributed by atoms with E-state index >= 15 is 0 Å². The summed E-state index contributed by atoms with van der Waals surface area (Å²) in [6.07, 6.45) is 3.16. The number of carbonyl (C=O) groups is 1. The van der Waals surface area contributed by atoms with Crippen LogP contribution < -0.4 is 0 Å². The predicted octanol–water partition coefficient (Wildman–Crippen LogP) is 1.60. The molecule has 0 fully saturated rings. The first-order valence-electron chi connectivity index (χ1n) is 4.03. The highest BCUT2D eigenvalue weighted by Crippen LogP contribution is 2.31. The van der Waals surface area contributed by atoms with Crippen LogP contribution in [0.25, 0.3) is 0 Å². The molecule has 1 atom stereocenters. The third kappa shape index (κ3) is 1.48. The number of rotatable bonds is 1. The fraction of sp³-hybridized carbons (Fsp3) is 0.500. The van der Waals surface area contributed by atoms with Crippen LogP contribution in [-0.4, -0.2) is 17.0 Å². The second kappa shape index (κ2) is 2.87. The molecular formula is C10H14O2. The molecule has 1 N–H and O–H groups in total. The molecule has 66 valence electrons. The van der Waals surface area contributed by atoms with Crippen molar-refractivity contribution in [3.8, 4) is 0 Å². The topological polar surface area (TPSA) is 37.3 Å². The third-order valence-electron chi connectivity index (χ3n) is 2.45. The highest BCUT2D eigenvalue weighted by atomic mass is 16.3. The number of hydrogen-bond donors (Lipinski definition) is 1. The first-order valence-corrected chi connectivity index (χ1v) is 4.03. The maximum atomic E-state index is 10.5. The van der Waals surface area contributed by atoms with Crippen LogP contribution in [0.5, 0.6) is 0 Å². The molecule has 0 saturated heterocycles. The zero-order chi connectivity index (χ0) is 9.35. The Labute approximate surface area is 72.6 Å². The van der Waals surface area contributed by atoms with E-state index in [9.17, 15) is 9.90 Å². The lowest BCUT2D eigenvalue weighted by Gasteiger charge is -2.29. The second-order valence-electron chi connectivity index (χ2n) is 3.63. The SMILES string of the molecule is CC1=CC(C=O)=C(C)CC1(C)O. The monoisotopic (exact) mass is 166 g/mol. The smallest absolute Gasteiger partial charge is 0.149 e. The molecule has 1 aliphatic carbocycles. The molecule has 2 nitrogen and oxygen atoms in total. The number of allylic oxidation sites excluding steroid dienone is 2. The van der Waals surface area contributed by atoms with Crippen LogP contribution in [-0.2, 0) is 4.79 Å². The van der Waals surface area contributed by atoms with E-state index in [1.54, 1.807) is 13.0 Å². The van der Waals surface area contributed by atoms with E-state index in [2.05, 4.69) is 0 Å². The van der Waals surface area contributed by atoms with Crippen LogP contribution in [0.4, 0.5) is 0 Å². The largest absolute Gasteiger partial charge is 0.385 e. The van der Waals surface area contributed by atoms with Gasteiger partial charge in [-0.05, 0) is 32.4 Å². The van der Waals surface area contributed by atoms with Crippen molar-refractivity contribution >= 4 is 6.29 Å². The predicted molar refractivity (Wildman–Crippen MR) is 47.8 cm³/mol. The Hall–Kier alpha value is -0.890. The van der Waals surface area contributed by atoms with Crippen molar-refractivity contribution in [1.82, 2.24) is 0 Å². The fourth-order valence-corrected chi connectivity index (χ4v) is 1.40. The molecule has 0 aromatic heterocycles. The molecule has 0 heterocycles. The summed E-state index contributed by atoms with van der Waals surface area (Å²) in [5.41, 5.74) is 1.76. The highest BCUT2D eigenvalue weighted by molar-refractivity contribution is 5.80. The average Bonchev–Trinajstić information content (AvgIpc) is 1.96. The van der Waals surface area contributed by atoms with Crippen molar-refractivity contribution in [2.75, 3.05) is 0 Å². The lowest BCUT2D eigenvalue weighted by Crippen LogP contribution is -2.28. The Balaban J connectivity index is 3.07. The standard InChI is InChI=1S/C10H14O2/c1-7-5-10(3,12)8(2)4-9(7)6-11/h4,6,12H,5H2,1-3H3. The van der Waals surface area contributed by atoms with E-state index in [4.69, 9.17) is 0 Å². The average molecular weight is 166 g/mol. The molecular weight excluding hydrogens is 152 g/mol. The van der Waals surface area contributed by atoms with Crippen molar-refractivity contribution in [2.45, 2.75) is 32.8 Å². The van der Waals surface area contributed by atoms with Gasteiger partial charge in [-0.1, -0.05) is 5.57 Å². The highest BCUT2D eigenvalue weighted by Gasteiger charge is 2.27. The summed E-state index contributed by atoms with van der Waals surface area (Å²) < 4.78 is 0. The van der Waals surface area contributed by atoms with Gasteiger partial charge in [-0.15, -0.1) is 0 Å². The summed E-state index contributed by atoms with van der Waals surface area (Å²) in [7, 11) is 0. The molecule has 2 heteroatoms. The van der Waals surface area contributed by atoms with Crippen LogP contribution in [0.3, 0.4) is 0 Å². The molecule has 0 amide bonds. The van der Waals surface area contributed by atoms with Gasteiger partial charge in [0.15, 0.2) is 0 Å². The maximum absolute atomic E-state index is 10.5. The Bertz CT molecular complexity index is 270. The summed E-state index contributed by atoms with van der Waals surface area (Å²) in [5.74, 6) is 0. The van der Waals surface area contributed by atoms with Gasteiger partial charge in [-0.2, -0.15) is 0 Å². The minimum Gasteiger partial charge on any atom is -0.385 e. The summed E-state index contributed by atoms with van der Waals surface area (Å²) >= 11 is 0. The molecule has 0 bridgehead atoms. The summed E-state index contributed by atoms with van der Waals surface area (Å²) in [4.78, 5) is 10.5. The molecule has 0 spiro atoms. The van der Waals surface area contributed by atoms with E-state index in [0.717, 1.165) is 17.4 Å². The van der Waals surface area contributed by atoms with Crippen LogP contribution in [0.2, 0.25) is 0 Å². The van der Waals surface area contributed by atoms with Crippen molar-refractivity contribution in [3.05, 3.63) is 22.8 Å². The van der Waals surface area contributed by atoms with E-state index in [0.29, 0.717) is 12.0 Å². The summed E-state index contributed by atoms with van der Waals surface area (Å²) in [6, 6.07) is 0. The van der Waals surface area contributed by atoms with Gasteiger partial charge < -0.3 is 5.11 Å². The van der Waals surface area contributed by atoms with E-state index < -0.39 is 5.60 Å². The molecule has 1 rings (SSSR count). The van der Waals surface area contributed by atoms with Crippen molar-refractivity contribution in [1.29, 1.82) is 0 Å². The Morgan fingerprint density at radius 1 is 1.58 bits per heavy atom. The lowest BCUT2D eigenvalue weighted by molar-refractivity contribution is -0.104. The normalized spacial score (nSPS) is 30.2. The summed E-state index contributed by atoms with van der Waals surface area (Å²) in [5, 5.41) is 9.81. The number of aldehydes is 1. The number of hydrogen-bond acceptors (Lipinski definition) is 2. The van der Waals surface area contributed by atoms with Gasteiger partial charge in [0.25, 0.3) is 0 Å². The Morgan fingerprint density at radius 2 is 2.17 bits per heavy atom. The zero-order valence-corrected chi connectivity index (χ0v) is 7.72.